The molecule has 0 heterocycles. The summed E-state index contributed by atoms with van der Waals surface area (Å²) in [7, 11) is -3.71. The minimum atomic E-state index is -3.71. The standard InChI is InChI=1S/C25H35N3O4S/c1-6-23(25(30)26-19(2)3)27(17-16-21-10-8-7-9-11-21)24(29)18-28(33(5,31)32)22-14-12-20(4)13-15-22/h7-15,19,23H,6,16-18H2,1-5H3,(H,26,30)/t23-/m0/s1. The maximum absolute atomic E-state index is 13.5. The number of hydrogen-bond donors (Lipinski definition) is 1. The van der Waals surface area contributed by atoms with Gasteiger partial charge in [0.1, 0.15) is 12.6 Å². The smallest absolute Gasteiger partial charge is 0.244 e. The average Bonchev–Trinajstić information content (AvgIpc) is 2.75. The molecule has 0 aliphatic carbocycles. The molecule has 2 rings (SSSR count). The van der Waals surface area contributed by atoms with E-state index in [-0.39, 0.29) is 18.5 Å². The number of benzene rings is 2. The number of rotatable bonds is 11. The normalized spacial score (nSPS) is 12.3. The number of nitrogens with one attached hydrogen (secondary N) is 1. The molecule has 0 fully saturated rings. The topological polar surface area (TPSA) is 86.8 Å². The van der Waals surface area contributed by atoms with E-state index in [1.807, 2.05) is 58.0 Å². The second-order valence-electron chi connectivity index (χ2n) is 8.52. The zero-order valence-corrected chi connectivity index (χ0v) is 20.9. The maximum atomic E-state index is 13.5. The lowest BCUT2D eigenvalue weighted by molar-refractivity contribution is -0.139. The van der Waals surface area contributed by atoms with Gasteiger partial charge >= 0.3 is 0 Å². The Kier molecular flexibility index (Phi) is 9.46. The van der Waals surface area contributed by atoms with Crippen molar-refractivity contribution in [1.82, 2.24) is 10.2 Å². The fourth-order valence-electron chi connectivity index (χ4n) is 3.60. The lowest BCUT2D eigenvalue weighted by Gasteiger charge is -2.33. The number of sulfonamides is 1. The van der Waals surface area contributed by atoms with Crippen molar-refractivity contribution in [3.63, 3.8) is 0 Å². The monoisotopic (exact) mass is 473 g/mol. The van der Waals surface area contributed by atoms with Crippen LogP contribution in [-0.2, 0) is 26.0 Å². The average molecular weight is 474 g/mol. The Morgan fingerprint density at radius 3 is 2.12 bits per heavy atom. The van der Waals surface area contributed by atoms with E-state index < -0.39 is 22.0 Å². The Hall–Kier alpha value is -2.87. The fourth-order valence-corrected chi connectivity index (χ4v) is 4.45. The molecule has 180 valence electrons. The first-order valence-electron chi connectivity index (χ1n) is 11.2. The van der Waals surface area contributed by atoms with E-state index in [0.717, 1.165) is 21.7 Å². The Morgan fingerprint density at radius 2 is 1.61 bits per heavy atom. The number of aryl methyl sites for hydroxylation is 1. The number of amides is 2. The Labute approximate surface area is 197 Å². The van der Waals surface area contributed by atoms with Gasteiger partial charge in [-0.25, -0.2) is 8.42 Å². The van der Waals surface area contributed by atoms with Crippen LogP contribution in [0.3, 0.4) is 0 Å². The molecule has 0 unspecified atom stereocenters. The molecule has 7 nitrogen and oxygen atoms in total. The summed E-state index contributed by atoms with van der Waals surface area (Å²) >= 11 is 0. The van der Waals surface area contributed by atoms with Gasteiger partial charge < -0.3 is 10.2 Å². The zero-order valence-electron chi connectivity index (χ0n) is 20.1. The van der Waals surface area contributed by atoms with Crippen molar-refractivity contribution >= 4 is 27.5 Å². The van der Waals surface area contributed by atoms with Crippen LogP contribution < -0.4 is 9.62 Å². The van der Waals surface area contributed by atoms with E-state index in [0.29, 0.717) is 25.1 Å². The van der Waals surface area contributed by atoms with Gasteiger partial charge in [-0.3, -0.25) is 13.9 Å². The molecular formula is C25H35N3O4S. The van der Waals surface area contributed by atoms with Gasteiger partial charge in [0.05, 0.1) is 11.9 Å². The lowest BCUT2D eigenvalue weighted by atomic mass is 10.1. The quantitative estimate of drug-likeness (QED) is 0.543. The predicted octanol–water partition coefficient (Wildman–Crippen LogP) is 3.14. The van der Waals surface area contributed by atoms with Gasteiger partial charge in [-0.15, -0.1) is 0 Å². The van der Waals surface area contributed by atoms with Crippen molar-refractivity contribution in [3.05, 3.63) is 65.7 Å². The summed E-state index contributed by atoms with van der Waals surface area (Å²) in [6.07, 6.45) is 2.06. The highest BCUT2D eigenvalue weighted by Crippen LogP contribution is 2.19. The Balaban J connectivity index is 2.34. The van der Waals surface area contributed by atoms with E-state index in [1.54, 1.807) is 24.3 Å². The molecule has 0 bridgehead atoms. The number of carbonyl (C=O) groups is 2. The first kappa shape index (κ1) is 26.4. The highest BCUT2D eigenvalue weighted by atomic mass is 32.2. The van der Waals surface area contributed by atoms with Crippen LogP contribution in [0, 0.1) is 6.92 Å². The van der Waals surface area contributed by atoms with Crippen LogP contribution in [-0.4, -0.2) is 56.6 Å². The molecule has 0 aliphatic rings. The number of hydrogen-bond acceptors (Lipinski definition) is 4. The molecule has 0 saturated heterocycles. The van der Waals surface area contributed by atoms with Crippen LogP contribution in [0.15, 0.2) is 54.6 Å². The van der Waals surface area contributed by atoms with Crippen LogP contribution in [0.1, 0.15) is 38.3 Å². The molecule has 0 spiro atoms. The SMILES string of the molecule is CC[C@@H](C(=O)NC(C)C)N(CCc1ccccc1)C(=O)CN(c1ccc(C)cc1)S(C)(=O)=O. The summed E-state index contributed by atoms with van der Waals surface area (Å²) in [5.41, 5.74) is 2.44. The number of nitrogens with zero attached hydrogens (tertiary/aromatic N) is 2. The fraction of sp³-hybridized carbons (Fsp3) is 0.440. The summed E-state index contributed by atoms with van der Waals surface area (Å²) in [6, 6.07) is 15.9. The Morgan fingerprint density at radius 1 is 1.00 bits per heavy atom. The third kappa shape index (κ3) is 7.89. The number of carbonyl (C=O) groups excluding carboxylic acids is 2. The molecule has 2 aromatic rings. The molecule has 0 radical (unpaired) electrons. The lowest BCUT2D eigenvalue weighted by Crippen LogP contribution is -2.54. The van der Waals surface area contributed by atoms with E-state index in [1.165, 1.54) is 4.90 Å². The molecular weight excluding hydrogens is 438 g/mol. The predicted molar refractivity (Wildman–Crippen MR) is 133 cm³/mol. The summed E-state index contributed by atoms with van der Waals surface area (Å²) in [6.45, 7) is 7.42. The third-order valence-corrected chi connectivity index (χ3v) is 6.44. The van der Waals surface area contributed by atoms with Gasteiger partial charge in [0.25, 0.3) is 0 Å². The number of anilines is 1. The molecule has 1 N–H and O–H groups in total. The molecule has 33 heavy (non-hydrogen) atoms. The molecule has 2 aromatic carbocycles. The van der Waals surface area contributed by atoms with Crippen molar-refractivity contribution in [2.45, 2.75) is 52.6 Å². The third-order valence-electron chi connectivity index (χ3n) is 5.30. The highest BCUT2D eigenvalue weighted by Gasteiger charge is 2.31. The van der Waals surface area contributed by atoms with Crippen molar-refractivity contribution < 1.29 is 18.0 Å². The first-order valence-corrected chi connectivity index (χ1v) is 13.1. The van der Waals surface area contributed by atoms with Crippen molar-refractivity contribution in [2.75, 3.05) is 23.7 Å². The molecule has 0 aliphatic heterocycles. The summed E-state index contributed by atoms with van der Waals surface area (Å²) < 4.78 is 26.2. The van der Waals surface area contributed by atoms with Crippen LogP contribution in [0.25, 0.3) is 0 Å². The largest absolute Gasteiger partial charge is 0.352 e. The molecule has 2 amide bonds. The molecule has 1 atom stereocenters. The van der Waals surface area contributed by atoms with Crippen LogP contribution in [0.4, 0.5) is 5.69 Å². The Bertz CT molecular complexity index is 1020. The van der Waals surface area contributed by atoms with Crippen LogP contribution >= 0.6 is 0 Å². The van der Waals surface area contributed by atoms with Gasteiger partial charge in [0.15, 0.2) is 0 Å². The second-order valence-corrected chi connectivity index (χ2v) is 10.4. The van der Waals surface area contributed by atoms with Crippen molar-refractivity contribution in [3.8, 4) is 0 Å². The van der Waals surface area contributed by atoms with Crippen LogP contribution in [0.2, 0.25) is 0 Å². The highest BCUT2D eigenvalue weighted by molar-refractivity contribution is 7.92. The molecule has 0 aromatic heterocycles. The molecule has 8 heteroatoms. The zero-order chi connectivity index (χ0) is 24.6. The van der Waals surface area contributed by atoms with Crippen molar-refractivity contribution in [2.24, 2.45) is 0 Å². The van der Waals surface area contributed by atoms with Gasteiger partial charge in [0, 0.05) is 12.6 Å². The second kappa shape index (κ2) is 11.8. The van der Waals surface area contributed by atoms with E-state index in [9.17, 15) is 18.0 Å². The minimum absolute atomic E-state index is 0.0716. The van der Waals surface area contributed by atoms with Gasteiger partial charge in [-0.05, 0) is 51.3 Å². The minimum Gasteiger partial charge on any atom is -0.352 e. The molecule has 0 saturated carbocycles. The summed E-state index contributed by atoms with van der Waals surface area (Å²) in [4.78, 5) is 27.9. The first-order chi connectivity index (χ1) is 15.5. The summed E-state index contributed by atoms with van der Waals surface area (Å²) in [5.74, 6) is -0.655. The van der Waals surface area contributed by atoms with E-state index >= 15 is 0 Å². The summed E-state index contributed by atoms with van der Waals surface area (Å²) in [5, 5.41) is 2.88. The van der Waals surface area contributed by atoms with E-state index in [2.05, 4.69) is 5.32 Å². The van der Waals surface area contributed by atoms with Gasteiger partial charge in [-0.2, -0.15) is 0 Å². The van der Waals surface area contributed by atoms with E-state index in [4.69, 9.17) is 0 Å². The van der Waals surface area contributed by atoms with Crippen molar-refractivity contribution in [1.29, 1.82) is 0 Å². The van der Waals surface area contributed by atoms with Gasteiger partial charge in [0.2, 0.25) is 21.8 Å². The maximum Gasteiger partial charge on any atom is 0.244 e. The van der Waals surface area contributed by atoms with Crippen LogP contribution in [0.5, 0.6) is 0 Å². The van der Waals surface area contributed by atoms with Gasteiger partial charge in [-0.1, -0.05) is 55.0 Å².